The molecule has 0 bridgehead atoms. The first-order valence-corrected chi connectivity index (χ1v) is 10.4. The highest BCUT2D eigenvalue weighted by molar-refractivity contribution is 8.00. The molecule has 2 unspecified atom stereocenters. The van der Waals surface area contributed by atoms with E-state index in [1.807, 2.05) is 59.8 Å². The molecule has 3 aromatic rings. The number of amides is 1. The lowest BCUT2D eigenvalue weighted by molar-refractivity contribution is -0.118. The molecular weight excluding hydrogens is 368 g/mol. The van der Waals surface area contributed by atoms with Crippen LogP contribution in [0.5, 0.6) is 0 Å². The maximum atomic E-state index is 13.2. The van der Waals surface area contributed by atoms with Gasteiger partial charge in [-0.15, -0.1) is 10.2 Å². The lowest BCUT2D eigenvalue weighted by Gasteiger charge is -2.25. The average molecular weight is 393 g/mol. The molecule has 144 valence electrons. The Kier molecular flexibility index (Phi) is 5.22. The van der Waals surface area contributed by atoms with Crippen molar-refractivity contribution in [1.29, 1.82) is 0 Å². The second kappa shape index (κ2) is 7.80. The summed E-state index contributed by atoms with van der Waals surface area (Å²) in [5.41, 5.74) is 3.47. The molecule has 0 aliphatic carbocycles. The van der Waals surface area contributed by atoms with E-state index in [0.717, 1.165) is 29.5 Å². The molecule has 0 saturated heterocycles. The molecule has 5 nitrogen and oxygen atoms in total. The standard InChI is InChI=1S/C22H24N4OS/c1-15-13-18-11-7-8-12-19(18)26(15)21(27)16(2)28-22-24-23-20(25(22)3)14-17-9-5-4-6-10-17/h4-12,15-16H,13-14H2,1-3H3. The van der Waals surface area contributed by atoms with Crippen LogP contribution in [0, 0.1) is 0 Å². The molecule has 1 aromatic heterocycles. The highest BCUT2D eigenvalue weighted by Crippen LogP contribution is 2.34. The van der Waals surface area contributed by atoms with E-state index < -0.39 is 0 Å². The van der Waals surface area contributed by atoms with Crippen molar-refractivity contribution in [2.75, 3.05) is 4.90 Å². The number of hydrogen-bond acceptors (Lipinski definition) is 4. The van der Waals surface area contributed by atoms with Gasteiger partial charge in [-0.3, -0.25) is 4.79 Å². The second-order valence-electron chi connectivity index (χ2n) is 7.27. The van der Waals surface area contributed by atoms with Crippen molar-refractivity contribution in [2.45, 2.75) is 43.1 Å². The number of aromatic nitrogens is 3. The van der Waals surface area contributed by atoms with Crippen molar-refractivity contribution in [3.63, 3.8) is 0 Å². The number of carbonyl (C=O) groups excluding carboxylic acids is 1. The summed E-state index contributed by atoms with van der Waals surface area (Å²) < 4.78 is 1.99. The monoisotopic (exact) mass is 392 g/mol. The number of nitrogens with zero attached hydrogens (tertiary/aromatic N) is 4. The number of carbonyl (C=O) groups is 1. The van der Waals surface area contributed by atoms with Crippen LogP contribution in [0.4, 0.5) is 5.69 Å². The first-order valence-electron chi connectivity index (χ1n) is 9.54. The van der Waals surface area contributed by atoms with Crippen molar-refractivity contribution in [2.24, 2.45) is 7.05 Å². The van der Waals surface area contributed by atoms with E-state index in [4.69, 9.17) is 0 Å². The van der Waals surface area contributed by atoms with Crippen molar-refractivity contribution in [1.82, 2.24) is 14.8 Å². The van der Waals surface area contributed by atoms with Crippen LogP contribution in [0.1, 0.15) is 30.8 Å². The number of thioether (sulfide) groups is 1. The van der Waals surface area contributed by atoms with Gasteiger partial charge in [0.1, 0.15) is 5.82 Å². The highest BCUT2D eigenvalue weighted by atomic mass is 32.2. The van der Waals surface area contributed by atoms with Crippen molar-refractivity contribution in [3.05, 3.63) is 71.5 Å². The Bertz CT molecular complexity index is 985. The van der Waals surface area contributed by atoms with Gasteiger partial charge in [-0.05, 0) is 37.5 Å². The van der Waals surface area contributed by atoms with E-state index in [0.29, 0.717) is 0 Å². The van der Waals surface area contributed by atoms with Crippen LogP contribution in [0.25, 0.3) is 0 Å². The molecule has 0 radical (unpaired) electrons. The van der Waals surface area contributed by atoms with E-state index in [1.54, 1.807) is 0 Å². The van der Waals surface area contributed by atoms with E-state index in [9.17, 15) is 4.79 Å². The highest BCUT2D eigenvalue weighted by Gasteiger charge is 2.33. The van der Waals surface area contributed by atoms with Gasteiger partial charge >= 0.3 is 0 Å². The van der Waals surface area contributed by atoms with E-state index in [1.165, 1.54) is 22.9 Å². The summed E-state index contributed by atoms with van der Waals surface area (Å²) in [4.78, 5) is 15.1. The molecule has 1 aliphatic heterocycles. The van der Waals surface area contributed by atoms with Crippen LogP contribution in [0.3, 0.4) is 0 Å². The lowest BCUT2D eigenvalue weighted by Crippen LogP contribution is -2.40. The molecule has 2 atom stereocenters. The molecular formula is C22H24N4OS. The van der Waals surface area contributed by atoms with Gasteiger partial charge in [0, 0.05) is 25.2 Å². The zero-order valence-electron chi connectivity index (χ0n) is 16.4. The van der Waals surface area contributed by atoms with Gasteiger partial charge in [-0.1, -0.05) is 60.3 Å². The van der Waals surface area contributed by atoms with Crippen LogP contribution in [0.2, 0.25) is 0 Å². The zero-order chi connectivity index (χ0) is 19.7. The number of hydrogen-bond donors (Lipinski definition) is 0. The smallest absolute Gasteiger partial charge is 0.240 e. The van der Waals surface area contributed by atoms with Gasteiger partial charge in [0.2, 0.25) is 5.91 Å². The third kappa shape index (κ3) is 3.56. The Balaban J connectivity index is 1.48. The summed E-state index contributed by atoms with van der Waals surface area (Å²) in [6, 6.07) is 18.6. The maximum Gasteiger partial charge on any atom is 0.240 e. The Morgan fingerprint density at radius 3 is 2.64 bits per heavy atom. The SMILES string of the molecule is CC(Sc1nnc(Cc2ccccc2)n1C)C(=O)N1c2ccccc2CC1C. The largest absolute Gasteiger partial charge is 0.309 e. The molecule has 0 saturated carbocycles. The van der Waals surface area contributed by atoms with Crippen LogP contribution in [-0.4, -0.2) is 32.0 Å². The molecule has 0 N–H and O–H groups in total. The number of para-hydroxylation sites is 1. The lowest BCUT2D eigenvalue weighted by atomic mass is 10.1. The predicted octanol–water partition coefficient (Wildman–Crippen LogP) is 3.86. The summed E-state index contributed by atoms with van der Waals surface area (Å²) in [5.74, 6) is 1.02. The average Bonchev–Trinajstić information content (AvgIpc) is 3.21. The van der Waals surface area contributed by atoms with Gasteiger partial charge < -0.3 is 9.47 Å². The van der Waals surface area contributed by atoms with Gasteiger partial charge in [0.25, 0.3) is 0 Å². The molecule has 28 heavy (non-hydrogen) atoms. The third-order valence-corrected chi connectivity index (χ3v) is 6.33. The Labute approximate surface area is 169 Å². The molecule has 0 spiro atoms. The fourth-order valence-electron chi connectivity index (χ4n) is 3.69. The fourth-order valence-corrected chi connectivity index (χ4v) is 4.57. The van der Waals surface area contributed by atoms with E-state index in [2.05, 4.69) is 35.3 Å². The summed E-state index contributed by atoms with van der Waals surface area (Å²) in [7, 11) is 1.96. The van der Waals surface area contributed by atoms with Crippen LogP contribution < -0.4 is 4.90 Å². The number of anilines is 1. The van der Waals surface area contributed by atoms with Gasteiger partial charge in [0.05, 0.1) is 5.25 Å². The normalized spacial score (nSPS) is 16.8. The number of fused-ring (bicyclic) bond motifs is 1. The number of rotatable bonds is 5. The molecule has 2 heterocycles. The van der Waals surface area contributed by atoms with Crippen LogP contribution in [-0.2, 0) is 24.7 Å². The van der Waals surface area contributed by atoms with Crippen molar-refractivity contribution >= 4 is 23.4 Å². The summed E-state index contributed by atoms with van der Waals surface area (Å²) in [6.45, 7) is 4.06. The van der Waals surface area contributed by atoms with Gasteiger partial charge in [-0.2, -0.15) is 0 Å². The summed E-state index contributed by atoms with van der Waals surface area (Å²) >= 11 is 1.47. The Morgan fingerprint density at radius 1 is 1.14 bits per heavy atom. The minimum Gasteiger partial charge on any atom is -0.309 e. The zero-order valence-corrected chi connectivity index (χ0v) is 17.2. The van der Waals surface area contributed by atoms with Gasteiger partial charge in [0.15, 0.2) is 5.16 Å². The molecule has 1 amide bonds. The summed E-state index contributed by atoms with van der Waals surface area (Å²) in [5, 5.41) is 9.20. The molecule has 4 rings (SSSR count). The first-order chi connectivity index (χ1) is 13.5. The minimum absolute atomic E-state index is 0.120. The van der Waals surface area contributed by atoms with E-state index >= 15 is 0 Å². The second-order valence-corrected chi connectivity index (χ2v) is 8.58. The Hall–Kier alpha value is -2.60. The maximum absolute atomic E-state index is 13.2. The van der Waals surface area contributed by atoms with Crippen molar-refractivity contribution in [3.8, 4) is 0 Å². The fraction of sp³-hybridized carbons (Fsp3) is 0.318. The molecule has 2 aromatic carbocycles. The quantitative estimate of drug-likeness (QED) is 0.619. The minimum atomic E-state index is -0.235. The topological polar surface area (TPSA) is 51.0 Å². The Morgan fingerprint density at radius 2 is 1.86 bits per heavy atom. The van der Waals surface area contributed by atoms with Gasteiger partial charge in [-0.25, -0.2) is 0 Å². The molecule has 6 heteroatoms. The molecule has 1 aliphatic rings. The van der Waals surface area contributed by atoms with Crippen LogP contribution >= 0.6 is 11.8 Å². The predicted molar refractivity (Wildman–Crippen MR) is 113 cm³/mol. The third-order valence-electron chi connectivity index (χ3n) is 5.20. The first kappa shape index (κ1) is 18.7. The molecule has 0 fully saturated rings. The van der Waals surface area contributed by atoms with E-state index in [-0.39, 0.29) is 17.2 Å². The van der Waals surface area contributed by atoms with Crippen molar-refractivity contribution < 1.29 is 4.79 Å². The summed E-state index contributed by atoms with van der Waals surface area (Å²) in [6.07, 6.45) is 1.63. The number of benzene rings is 2. The van der Waals surface area contributed by atoms with Crippen LogP contribution in [0.15, 0.2) is 59.8 Å².